The number of hydrogen-bond acceptors (Lipinski definition) is 6. The quantitative estimate of drug-likeness (QED) is 0.447. The second-order valence-corrected chi connectivity index (χ2v) is 8.52. The fourth-order valence-corrected chi connectivity index (χ4v) is 4.11. The molecule has 0 aromatic heterocycles. The number of nitrogens with zero attached hydrogens (tertiary/aromatic N) is 1. The van der Waals surface area contributed by atoms with Crippen LogP contribution in [0.4, 0.5) is 4.79 Å². The topological polar surface area (TPSA) is 107 Å². The first-order valence-electron chi connectivity index (χ1n) is 10.3. The molecule has 0 bridgehead atoms. The van der Waals surface area contributed by atoms with Crippen LogP contribution in [0.2, 0.25) is 0 Å². The number of ether oxygens (including phenoxy) is 2. The van der Waals surface area contributed by atoms with Crippen LogP contribution in [0.25, 0.3) is 0 Å². The molecule has 0 radical (unpaired) electrons. The van der Waals surface area contributed by atoms with Crippen molar-refractivity contribution in [1.29, 1.82) is 10.8 Å². The van der Waals surface area contributed by atoms with Crippen LogP contribution < -0.4 is 0 Å². The second kappa shape index (κ2) is 8.89. The first kappa shape index (κ1) is 22.5. The Kier molecular flexibility index (Phi) is 6.45. The molecule has 1 aliphatic rings. The standard InChI is InChI=1S/C24H29N3O4/c1-17(18-9-11-19(12-10-18)21(26)30-16-25)27-14-13-24(31-22(27)28,15-23(2,3)29)20-7-5-4-6-8-20/h4-12,16-17,25-26,29H,13-15H2,1-3H3/t17-,24-/m0/s1. The van der Waals surface area contributed by atoms with Crippen molar-refractivity contribution < 1.29 is 19.4 Å². The highest BCUT2D eigenvalue weighted by Gasteiger charge is 2.46. The number of cyclic esters (lactones) is 1. The van der Waals surface area contributed by atoms with E-state index in [2.05, 4.69) is 0 Å². The zero-order valence-corrected chi connectivity index (χ0v) is 18.1. The molecule has 7 nitrogen and oxygen atoms in total. The Morgan fingerprint density at radius 3 is 2.45 bits per heavy atom. The predicted octanol–water partition coefficient (Wildman–Crippen LogP) is 4.60. The summed E-state index contributed by atoms with van der Waals surface area (Å²) in [6, 6.07) is 16.5. The van der Waals surface area contributed by atoms with Crippen molar-refractivity contribution in [3.8, 4) is 0 Å². The first-order valence-corrected chi connectivity index (χ1v) is 10.3. The van der Waals surface area contributed by atoms with E-state index in [1.807, 2.05) is 49.4 Å². The van der Waals surface area contributed by atoms with Gasteiger partial charge >= 0.3 is 6.09 Å². The van der Waals surface area contributed by atoms with Gasteiger partial charge in [-0.15, -0.1) is 0 Å². The van der Waals surface area contributed by atoms with Gasteiger partial charge in [-0.1, -0.05) is 42.5 Å². The summed E-state index contributed by atoms with van der Waals surface area (Å²) in [5.74, 6) is -0.106. The maximum Gasteiger partial charge on any atom is 0.411 e. The van der Waals surface area contributed by atoms with E-state index in [4.69, 9.17) is 20.3 Å². The van der Waals surface area contributed by atoms with Gasteiger partial charge in [-0.05, 0) is 44.0 Å². The predicted molar refractivity (Wildman–Crippen MR) is 118 cm³/mol. The molecule has 0 spiro atoms. The van der Waals surface area contributed by atoms with Crippen LogP contribution in [-0.2, 0) is 15.1 Å². The molecule has 2 atom stereocenters. The van der Waals surface area contributed by atoms with Crippen molar-refractivity contribution in [3.05, 3.63) is 71.3 Å². The van der Waals surface area contributed by atoms with Gasteiger partial charge in [0.2, 0.25) is 5.90 Å². The normalized spacial score (nSPS) is 20.0. The van der Waals surface area contributed by atoms with Crippen molar-refractivity contribution in [1.82, 2.24) is 4.90 Å². The Morgan fingerprint density at radius 2 is 1.90 bits per heavy atom. The monoisotopic (exact) mass is 423 g/mol. The van der Waals surface area contributed by atoms with Gasteiger partial charge in [0.1, 0.15) is 5.60 Å². The molecule has 0 unspecified atom stereocenters. The summed E-state index contributed by atoms with van der Waals surface area (Å²) >= 11 is 0. The third kappa shape index (κ3) is 5.11. The average Bonchev–Trinajstić information content (AvgIpc) is 2.73. The molecular formula is C24H29N3O4. The molecular weight excluding hydrogens is 394 g/mol. The summed E-state index contributed by atoms with van der Waals surface area (Å²) in [6.07, 6.45) is 1.17. The molecule has 2 aromatic carbocycles. The van der Waals surface area contributed by atoms with Gasteiger partial charge in [-0.3, -0.25) is 10.8 Å². The van der Waals surface area contributed by atoms with Crippen LogP contribution in [0.3, 0.4) is 0 Å². The molecule has 164 valence electrons. The Labute approximate surface area is 182 Å². The van der Waals surface area contributed by atoms with Crippen LogP contribution in [0.15, 0.2) is 54.6 Å². The van der Waals surface area contributed by atoms with E-state index in [1.165, 1.54) is 0 Å². The smallest absolute Gasteiger partial charge is 0.411 e. The minimum Gasteiger partial charge on any atom is -0.438 e. The van der Waals surface area contributed by atoms with Gasteiger partial charge in [0.15, 0.2) is 6.40 Å². The number of benzene rings is 2. The van der Waals surface area contributed by atoms with E-state index < -0.39 is 17.3 Å². The summed E-state index contributed by atoms with van der Waals surface area (Å²) in [5.41, 5.74) is 0.456. The van der Waals surface area contributed by atoms with Crippen molar-refractivity contribution in [2.45, 2.75) is 50.9 Å². The minimum absolute atomic E-state index is 0.106. The van der Waals surface area contributed by atoms with E-state index in [0.717, 1.165) is 17.5 Å². The first-order chi connectivity index (χ1) is 14.6. The van der Waals surface area contributed by atoms with E-state index in [-0.39, 0.29) is 11.9 Å². The Balaban J connectivity index is 1.80. The van der Waals surface area contributed by atoms with Gasteiger partial charge in [0, 0.05) is 24.9 Å². The lowest BCUT2D eigenvalue weighted by atomic mass is 9.80. The molecule has 3 N–H and O–H groups in total. The fourth-order valence-electron chi connectivity index (χ4n) is 4.11. The average molecular weight is 424 g/mol. The number of carbonyl (C=O) groups excluding carboxylic acids is 1. The highest BCUT2D eigenvalue weighted by Crippen LogP contribution is 2.42. The number of nitrogens with one attached hydrogen (secondary N) is 2. The molecule has 1 heterocycles. The Bertz CT molecular complexity index is 938. The molecule has 1 fully saturated rings. The van der Waals surface area contributed by atoms with Crippen LogP contribution in [0.1, 0.15) is 56.3 Å². The third-order valence-electron chi connectivity index (χ3n) is 5.59. The van der Waals surface area contributed by atoms with Gasteiger partial charge < -0.3 is 19.5 Å². The van der Waals surface area contributed by atoms with Crippen molar-refractivity contribution in [2.75, 3.05) is 6.54 Å². The highest BCUT2D eigenvalue weighted by molar-refractivity contribution is 5.95. The summed E-state index contributed by atoms with van der Waals surface area (Å²) < 4.78 is 10.8. The van der Waals surface area contributed by atoms with Crippen LogP contribution >= 0.6 is 0 Å². The lowest BCUT2D eigenvalue weighted by Gasteiger charge is -2.45. The van der Waals surface area contributed by atoms with E-state index >= 15 is 0 Å². The van der Waals surface area contributed by atoms with Gasteiger partial charge in [0.25, 0.3) is 0 Å². The molecule has 7 heteroatoms. The zero-order valence-electron chi connectivity index (χ0n) is 18.1. The molecule has 1 aliphatic heterocycles. The van der Waals surface area contributed by atoms with Gasteiger partial charge in [0.05, 0.1) is 11.6 Å². The largest absolute Gasteiger partial charge is 0.438 e. The molecule has 1 saturated heterocycles. The summed E-state index contributed by atoms with van der Waals surface area (Å²) in [6.45, 7) is 5.87. The maximum atomic E-state index is 13.1. The molecule has 31 heavy (non-hydrogen) atoms. The lowest BCUT2D eigenvalue weighted by Crippen LogP contribution is -2.51. The van der Waals surface area contributed by atoms with E-state index in [9.17, 15) is 9.90 Å². The summed E-state index contributed by atoms with van der Waals surface area (Å²) in [5, 5.41) is 25.2. The van der Waals surface area contributed by atoms with Crippen molar-refractivity contribution in [3.63, 3.8) is 0 Å². The summed E-state index contributed by atoms with van der Waals surface area (Å²) in [4.78, 5) is 14.8. The van der Waals surface area contributed by atoms with Crippen LogP contribution in [-0.4, -0.2) is 40.5 Å². The lowest BCUT2D eigenvalue weighted by molar-refractivity contribution is -0.101. The molecule has 1 amide bonds. The van der Waals surface area contributed by atoms with E-state index in [0.29, 0.717) is 24.9 Å². The minimum atomic E-state index is -0.997. The van der Waals surface area contributed by atoms with Gasteiger partial charge in [-0.2, -0.15) is 0 Å². The van der Waals surface area contributed by atoms with Crippen molar-refractivity contribution >= 4 is 18.4 Å². The molecule has 0 saturated carbocycles. The van der Waals surface area contributed by atoms with Crippen LogP contribution in [0.5, 0.6) is 0 Å². The second-order valence-electron chi connectivity index (χ2n) is 8.52. The number of aliphatic hydroxyl groups is 1. The number of amides is 1. The summed E-state index contributed by atoms with van der Waals surface area (Å²) in [7, 11) is 0. The fraction of sp³-hybridized carbons (Fsp3) is 0.375. The van der Waals surface area contributed by atoms with E-state index in [1.54, 1.807) is 30.9 Å². The highest BCUT2D eigenvalue weighted by atomic mass is 16.6. The molecule has 2 aromatic rings. The molecule has 0 aliphatic carbocycles. The third-order valence-corrected chi connectivity index (χ3v) is 5.59. The zero-order chi connectivity index (χ0) is 22.6. The van der Waals surface area contributed by atoms with Gasteiger partial charge in [-0.25, -0.2) is 4.79 Å². The molecule has 3 rings (SSSR count). The SMILES string of the molecule is C[C@@H](c1ccc(C(=N)OC=N)cc1)N1CC[C@](CC(C)(C)O)(c2ccccc2)OC1=O. The number of carbonyl (C=O) groups is 1. The Morgan fingerprint density at radius 1 is 1.26 bits per heavy atom. The number of rotatable bonds is 7. The maximum absolute atomic E-state index is 13.1. The number of hydrogen-bond donors (Lipinski definition) is 3. The Hall–Kier alpha value is -3.19. The van der Waals surface area contributed by atoms with Crippen molar-refractivity contribution in [2.24, 2.45) is 0 Å². The van der Waals surface area contributed by atoms with Crippen LogP contribution in [0, 0.1) is 10.8 Å².